The molecule has 94 valence electrons. The van der Waals surface area contributed by atoms with E-state index in [1.54, 1.807) is 0 Å². The number of rotatable bonds is 3. The number of nitrogens with one attached hydrogen (secondary N) is 3. The Morgan fingerprint density at radius 2 is 2.11 bits per heavy atom. The molecule has 0 aliphatic rings. The Bertz CT molecular complexity index is 579. The van der Waals surface area contributed by atoms with Crippen LogP contribution in [0.15, 0.2) is 30.5 Å². The second kappa shape index (κ2) is 5.88. The van der Waals surface area contributed by atoms with Gasteiger partial charge in [0.25, 0.3) is 0 Å². The molecule has 1 heterocycles. The number of thiocarbonyl (C=S) groups is 1. The molecule has 1 aromatic carbocycles. The van der Waals surface area contributed by atoms with Crippen LogP contribution in [0.4, 0.5) is 0 Å². The molecule has 1 amide bonds. The standard InChI is InChI=1S/C12H13N3OS2/c16-11(14-15-12(17)18)6-5-8-7-13-10-4-2-1-3-9(8)10/h1-4,7,13H,5-6H2,(H,14,16)(H2,15,17,18). The number of hydrogen-bond donors (Lipinski definition) is 4. The van der Waals surface area contributed by atoms with Gasteiger partial charge in [0.1, 0.15) is 4.32 Å². The summed E-state index contributed by atoms with van der Waals surface area (Å²) in [5.41, 5.74) is 7.20. The van der Waals surface area contributed by atoms with E-state index >= 15 is 0 Å². The lowest BCUT2D eigenvalue weighted by atomic mass is 10.1. The van der Waals surface area contributed by atoms with E-state index in [4.69, 9.17) is 0 Å². The van der Waals surface area contributed by atoms with E-state index in [9.17, 15) is 4.79 Å². The number of thiol groups is 1. The van der Waals surface area contributed by atoms with E-state index in [1.165, 1.54) is 0 Å². The van der Waals surface area contributed by atoms with Crippen LogP contribution in [-0.4, -0.2) is 15.2 Å². The minimum absolute atomic E-state index is 0.114. The Labute approximate surface area is 116 Å². The van der Waals surface area contributed by atoms with Crippen LogP contribution < -0.4 is 10.9 Å². The van der Waals surface area contributed by atoms with Gasteiger partial charge in [-0.3, -0.25) is 15.6 Å². The highest BCUT2D eigenvalue weighted by Crippen LogP contribution is 2.18. The SMILES string of the molecule is O=C(CCc1c[nH]c2ccccc12)NNC(=S)S. The first-order valence-electron chi connectivity index (χ1n) is 5.49. The largest absolute Gasteiger partial charge is 0.361 e. The van der Waals surface area contributed by atoms with Crippen LogP contribution in [0.2, 0.25) is 0 Å². The Hall–Kier alpha value is -1.53. The lowest BCUT2D eigenvalue weighted by molar-refractivity contribution is -0.121. The summed E-state index contributed by atoms with van der Waals surface area (Å²) in [6, 6.07) is 8.02. The number of H-pyrrole nitrogens is 1. The maximum absolute atomic E-state index is 11.5. The molecule has 0 radical (unpaired) electrons. The molecule has 1 aromatic heterocycles. The molecule has 0 bridgehead atoms. The quantitative estimate of drug-likeness (QED) is 0.394. The van der Waals surface area contributed by atoms with Crippen molar-refractivity contribution in [2.24, 2.45) is 0 Å². The summed E-state index contributed by atoms with van der Waals surface area (Å²) in [6.45, 7) is 0. The molecule has 3 N–H and O–H groups in total. The molecule has 0 spiro atoms. The molecule has 0 fully saturated rings. The molecular weight excluding hydrogens is 266 g/mol. The Morgan fingerprint density at radius 1 is 1.33 bits per heavy atom. The number of amides is 1. The molecule has 0 aliphatic carbocycles. The van der Waals surface area contributed by atoms with Gasteiger partial charge < -0.3 is 4.98 Å². The minimum atomic E-state index is -0.114. The minimum Gasteiger partial charge on any atom is -0.361 e. The lowest BCUT2D eigenvalue weighted by Gasteiger charge is -2.05. The molecule has 2 rings (SSSR count). The van der Waals surface area contributed by atoms with Gasteiger partial charge in [0.05, 0.1) is 0 Å². The fraction of sp³-hybridized carbons (Fsp3) is 0.167. The van der Waals surface area contributed by atoms with Crippen LogP contribution in [0.5, 0.6) is 0 Å². The van der Waals surface area contributed by atoms with Crippen molar-refractivity contribution >= 4 is 46.0 Å². The predicted octanol–water partition coefficient (Wildman–Crippen LogP) is 1.94. The number of fused-ring (bicyclic) bond motifs is 1. The van der Waals surface area contributed by atoms with Crippen molar-refractivity contribution in [3.05, 3.63) is 36.0 Å². The number of carbonyl (C=O) groups excluding carboxylic acids is 1. The maximum atomic E-state index is 11.5. The van der Waals surface area contributed by atoms with Crippen molar-refractivity contribution in [1.29, 1.82) is 0 Å². The zero-order valence-corrected chi connectivity index (χ0v) is 11.3. The van der Waals surface area contributed by atoms with E-state index in [2.05, 4.69) is 40.7 Å². The molecular formula is C12H13N3OS2. The highest BCUT2D eigenvalue weighted by molar-refractivity contribution is 8.11. The van der Waals surface area contributed by atoms with Crippen LogP contribution >= 0.6 is 24.8 Å². The van der Waals surface area contributed by atoms with Gasteiger partial charge in [-0.15, -0.1) is 12.6 Å². The number of hydrogen-bond acceptors (Lipinski definition) is 2. The first-order valence-corrected chi connectivity index (χ1v) is 6.35. The Morgan fingerprint density at radius 3 is 2.89 bits per heavy atom. The summed E-state index contributed by atoms with van der Waals surface area (Å²) in [7, 11) is 0. The molecule has 4 nitrogen and oxygen atoms in total. The summed E-state index contributed by atoms with van der Waals surface area (Å²) < 4.78 is 0.246. The van der Waals surface area contributed by atoms with Gasteiger partial charge in [0.15, 0.2) is 0 Å². The maximum Gasteiger partial charge on any atom is 0.238 e. The molecule has 0 saturated heterocycles. The van der Waals surface area contributed by atoms with Gasteiger partial charge in [0.2, 0.25) is 5.91 Å². The number of benzene rings is 1. The van der Waals surface area contributed by atoms with E-state index < -0.39 is 0 Å². The zero-order valence-electron chi connectivity index (χ0n) is 9.56. The monoisotopic (exact) mass is 279 g/mol. The van der Waals surface area contributed by atoms with Crippen LogP contribution in [-0.2, 0) is 11.2 Å². The topological polar surface area (TPSA) is 56.9 Å². The third-order valence-electron chi connectivity index (χ3n) is 2.61. The fourth-order valence-electron chi connectivity index (χ4n) is 1.77. The predicted molar refractivity (Wildman–Crippen MR) is 79.5 cm³/mol. The molecule has 0 aliphatic heterocycles. The molecule has 6 heteroatoms. The number of para-hydroxylation sites is 1. The third kappa shape index (κ3) is 3.24. The number of aromatic amines is 1. The number of aryl methyl sites for hydroxylation is 1. The second-order valence-electron chi connectivity index (χ2n) is 3.84. The lowest BCUT2D eigenvalue weighted by Crippen LogP contribution is -2.38. The summed E-state index contributed by atoms with van der Waals surface area (Å²) in [4.78, 5) is 14.7. The number of carbonyl (C=O) groups is 1. The number of hydrazine groups is 1. The van der Waals surface area contributed by atoms with Gasteiger partial charge >= 0.3 is 0 Å². The highest BCUT2D eigenvalue weighted by Gasteiger charge is 2.06. The fourth-order valence-corrected chi connectivity index (χ4v) is 1.88. The van der Waals surface area contributed by atoms with Crippen LogP contribution in [0.1, 0.15) is 12.0 Å². The number of aromatic nitrogens is 1. The van der Waals surface area contributed by atoms with Crippen molar-refractivity contribution in [1.82, 2.24) is 15.8 Å². The Balaban J connectivity index is 1.94. The Kier molecular flexibility index (Phi) is 4.22. The molecule has 18 heavy (non-hydrogen) atoms. The van der Waals surface area contributed by atoms with Crippen molar-refractivity contribution in [3.8, 4) is 0 Å². The van der Waals surface area contributed by atoms with E-state index in [1.807, 2.05) is 30.5 Å². The molecule has 0 unspecified atom stereocenters. The second-order valence-corrected chi connectivity index (χ2v) is 5.00. The van der Waals surface area contributed by atoms with Gasteiger partial charge in [-0.2, -0.15) is 0 Å². The van der Waals surface area contributed by atoms with Gasteiger partial charge in [-0.05, 0) is 18.1 Å². The normalized spacial score (nSPS) is 10.3. The average Bonchev–Trinajstić information content (AvgIpc) is 2.77. The molecule has 0 atom stereocenters. The van der Waals surface area contributed by atoms with Gasteiger partial charge in [0, 0.05) is 23.5 Å². The van der Waals surface area contributed by atoms with Crippen LogP contribution in [0.3, 0.4) is 0 Å². The van der Waals surface area contributed by atoms with Gasteiger partial charge in [-0.25, -0.2) is 0 Å². The summed E-state index contributed by atoms with van der Waals surface area (Å²) in [6.07, 6.45) is 3.01. The molecule has 2 aromatic rings. The van der Waals surface area contributed by atoms with Crippen LogP contribution in [0, 0.1) is 0 Å². The summed E-state index contributed by atoms with van der Waals surface area (Å²) in [5.74, 6) is -0.114. The average molecular weight is 279 g/mol. The van der Waals surface area contributed by atoms with E-state index in [0.717, 1.165) is 16.5 Å². The zero-order chi connectivity index (χ0) is 13.0. The third-order valence-corrected chi connectivity index (χ3v) is 2.82. The molecule has 0 saturated carbocycles. The van der Waals surface area contributed by atoms with Crippen molar-refractivity contribution in [2.45, 2.75) is 12.8 Å². The van der Waals surface area contributed by atoms with Crippen molar-refractivity contribution in [2.75, 3.05) is 0 Å². The van der Waals surface area contributed by atoms with Gasteiger partial charge in [-0.1, -0.05) is 30.4 Å². The summed E-state index contributed by atoms with van der Waals surface area (Å²) >= 11 is 8.52. The van der Waals surface area contributed by atoms with Crippen molar-refractivity contribution < 1.29 is 4.79 Å². The van der Waals surface area contributed by atoms with Crippen molar-refractivity contribution in [3.63, 3.8) is 0 Å². The first kappa shape index (κ1) is 12.9. The highest BCUT2D eigenvalue weighted by atomic mass is 32.1. The summed E-state index contributed by atoms with van der Waals surface area (Å²) in [5, 5.41) is 1.16. The van der Waals surface area contributed by atoms with Crippen LogP contribution in [0.25, 0.3) is 10.9 Å². The smallest absolute Gasteiger partial charge is 0.238 e. The van der Waals surface area contributed by atoms with E-state index in [0.29, 0.717) is 12.8 Å². The van der Waals surface area contributed by atoms with E-state index in [-0.39, 0.29) is 10.2 Å². The first-order chi connectivity index (χ1) is 8.66.